The summed E-state index contributed by atoms with van der Waals surface area (Å²) in [5.41, 5.74) is 2.13. The Kier molecular flexibility index (Phi) is 3.03. The molecule has 1 aliphatic rings. The number of carbonyl (C=O) groups is 1. The number of alkyl halides is 1. The Morgan fingerprint density at radius 3 is 3.14 bits per heavy atom. The number of amides is 1. The fourth-order valence-corrected chi connectivity index (χ4v) is 2.09. The maximum Gasteiger partial charge on any atom is 0.270 e. The van der Waals surface area contributed by atoms with Crippen molar-refractivity contribution < 1.29 is 4.79 Å². The van der Waals surface area contributed by atoms with Crippen LogP contribution in [-0.2, 0) is 0 Å². The third-order valence-corrected chi connectivity index (χ3v) is 3.35. The number of rotatable bonds is 4. The van der Waals surface area contributed by atoms with Crippen LogP contribution >= 0.6 is 22.9 Å². The molecule has 1 aliphatic carbocycles. The maximum atomic E-state index is 11.4. The number of nitrogens with zero attached hydrogens (tertiary/aromatic N) is 1. The van der Waals surface area contributed by atoms with Gasteiger partial charge in [-0.1, -0.05) is 0 Å². The second-order valence-electron chi connectivity index (χ2n) is 3.44. The van der Waals surface area contributed by atoms with Crippen molar-refractivity contribution in [1.82, 2.24) is 10.3 Å². The van der Waals surface area contributed by atoms with E-state index in [1.54, 1.807) is 10.9 Å². The Hall–Kier alpha value is -0.610. The van der Waals surface area contributed by atoms with Gasteiger partial charge in [0, 0.05) is 11.9 Å². The van der Waals surface area contributed by atoms with E-state index in [1.165, 1.54) is 24.2 Å². The molecule has 0 bridgehead atoms. The summed E-state index contributed by atoms with van der Waals surface area (Å²) < 4.78 is 0. The molecule has 1 heterocycles. The van der Waals surface area contributed by atoms with Crippen LogP contribution in [0.4, 0.5) is 0 Å². The molecule has 3 nitrogen and oxygen atoms in total. The standard InChI is InChI=1S/C9H11ClN2OS/c10-7(6-1-2-6)3-11-9(13)8-4-14-5-12-8/h4-7H,1-3H2,(H,11,13). The van der Waals surface area contributed by atoms with Gasteiger partial charge in [0.1, 0.15) is 5.69 Å². The van der Waals surface area contributed by atoms with Gasteiger partial charge in [0.25, 0.3) is 5.91 Å². The van der Waals surface area contributed by atoms with E-state index in [1.807, 2.05) is 0 Å². The van der Waals surface area contributed by atoms with E-state index in [-0.39, 0.29) is 11.3 Å². The molecule has 5 heteroatoms. The van der Waals surface area contributed by atoms with Crippen LogP contribution in [0.25, 0.3) is 0 Å². The van der Waals surface area contributed by atoms with Crippen molar-refractivity contribution in [3.8, 4) is 0 Å². The largest absolute Gasteiger partial charge is 0.349 e. The van der Waals surface area contributed by atoms with Crippen LogP contribution in [-0.4, -0.2) is 22.8 Å². The molecular formula is C9H11ClN2OS. The van der Waals surface area contributed by atoms with Gasteiger partial charge in [-0.3, -0.25) is 4.79 Å². The summed E-state index contributed by atoms with van der Waals surface area (Å²) in [5, 5.41) is 4.59. The number of carbonyl (C=O) groups excluding carboxylic acids is 1. The topological polar surface area (TPSA) is 42.0 Å². The van der Waals surface area contributed by atoms with Gasteiger partial charge in [-0.2, -0.15) is 0 Å². The van der Waals surface area contributed by atoms with Crippen LogP contribution < -0.4 is 5.32 Å². The minimum absolute atomic E-state index is 0.0811. The van der Waals surface area contributed by atoms with Crippen molar-refractivity contribution in [3.05, 3.63) is 16.6 Å². The van der Waals surface area contributed by atoms with Crippen LogP contribution in [0.15, 0.2) is 10.9 Å². The molecule has 0 aromatic carbocycles. The Morgan fingerprint density at radius 1 is 1.79 bits per heavy atom. The average molecular weight is 231 g/mol. The van der Waals surface area contributed by atoms with Gasteiger partial charge in [-0.25, -0.2) is 4.98 Å². The van der Waals surface area contributed by atoms with E-state index in [4.69, 9.17) is 11.6 Å². The summed E-state index contributed by atoms with van der Waals surface area (Å²) in [5.74, 6) is 0.477. The van der Waals surface area contributed by atoms with Crippen LogP contribution in [0, 0.1) is 5.92 Å². The first-order valence-electron chi connectivity index (χ1n) is 4.58. The molecule has 2 rings (SSSR count). The van der Waals surface area contributed by atoms with Crippen molar-refractivity contribution >= 4 is 28.8 Å². The first-order chi connectivity index (χ1) is 6.77. The maximum absolute atomic E-state index is 11.4. The number of aromatic nitrogens is 1. The molecule has 1 saturated carbocycles. The fourth-order valence-electron chi connectivity index (χ4n) is 1.23. The predicted octanol–water partition coefficient (Wildman–Crippen LogP) is 1.89. The molecule has 0 radical (unpaired) electrons. The number of hydrogen-bond donors (Lipinski definition) is 1. The second-order valence-corrected chi connectivity index (χ2v) is 4.72. The highest BCUT2D eigenvalue weighted by atomic mass is 35.5. The van der Waals surface area contributed by atoms with Crippen LogP contribution in [0.5, 0.6) is 0 Å². The van der Waals surface area contributed by atoms with Gasteiger partial charge in [0.15, 0.2) is 0 Å². The Balaban J connectivity index is 1.77. The van der Waals surface area contributed by atoms with E-state index in [0.717, 1.165) is 0 Å². The number of hydrogen-bond acceptors (Lipinski definition) is 3. The van der Waals surface area contributed by atoms with Crippen molar-refractivity contribution in [2.24, 2.45) is 5.92 Å². The van der Waals surface area contributed by atoms with Gasteiger partial charge < -0.3 is 5.32 Å². The molecule has 1 N–H and O–H groups in total. The second kappa shape index (κ2) is 4.28. The van der Waals surface area contributed by atoms with E-state index < -0.39 is 0 Å². The van der Waals surface area contributed by atoms with Crippen LogP contribution in [0.3, 0.4) is 0 Å². The smallest absolute Gasteiger partial charge is 0.270 e. The monoisotopic (exact) mass is 230 g/mol. The van der Waals surface area contributed by atoms with Gasteiger partial charge in [-0.05, 0) is 18.8 Å². The summed E-state index contributed by atoms with van der Waals surface area (Å²) in [6.45, 7) is 0.544. The van der Waals surface area contributed by atoms with E-state index in [0.29, 0.717) is 18.2 Å². The zero-order valence-corrected chi connectivity index (χ0v) is 9.14. The fraction of sp³-hybridized carbons (Fsp3) is 0.556. The van der Waals surface area contributed by atoms with Crippen LogP contribution in [0.1, 0.15) is 23.3 Å². The molecule has 1 atom stereocenters. The lowest BCUT2D eigenvalue weighted by Crippen LogP contribution is -2.30. The average Bonchev–Trinajstić information content (AvgIpc) is 2.90. The third kappa shape index (κ3) is 2.45. The molecule has 1 amide bonds. The minimum atomic E-state index is -0.127. The first kappa shape index (κ1) is 9.93. The van der Waals surface area contributed by atoms with Crippen molar-refractivity contribution in [2.45, 2.75) is 18.2 Å². The SMILES string of the molecule is O=C(NCC(Cl)C1CC1)c1cscn1. The zero-order chi connectivity index (χ0) is 9.97. The van der Waals surface area contributed by atoms with Gasteiger partial charge >= 0.3 is 0 Å². The van der Waals surface area contributed by atoms with Gasteiger partial charge in [0.2, 0.25) is 0 Å². The number of nitrogens with one attached hydrogen (secondary N) is 1. The Labute approximate surface area is 91.5 Å². The summed E-state index contributed by atoms with van der Waals surface area (Å²) in [4.78, 5) is 15.3. The quantitative estimate of drug-likeness (QED) is 0.803. The normalized spacial score (nSPS) is 17.8. The lowest BCUT2D eigenvalue weighted by Gasteiger charge is -2.07. The molecule has 14 heavy (non-hydrogen) atoms. The molecule has 1 fully saturated rings. The Morgan fingerprint density at radius 2 is 2.57 bits per heavy atom. The lowest BCUT2D eigenvalue weighted by atomic mass is 10.3. The summed E-state index contributed by atoms with van der Waals surface area (Å²) >= 11 is 7.47. The van der Waals surface area contributed by atoms with E-state index in [2.05, 4.69) is 10.3 Å². The summed E-state index contributed by atoms with van der Waals surface area (Å²) in [6, 6.07) is 0. The highest BCUT2D eigenvalue weighted by Gasteiger charge is 2.29. The van der Waals surface area contributed by atoms with Gasteiger partial charge in [0.05, 0.1) is 10.9 Å². The predicted molar refractivity (Wildman–Crippen MR) is 56.8 cm³/mol. The zero-order valence-electron chi connectivity index (χ0n) is 7.57. The van der Waals surface area contributed by atoms with Crippen molar-refractivity contribution in [3.63, 3.8) is 0 Å². The third-order valence-electron chi connectivity index (χ3n) is 2.26. The molecule has 0 saturated heterocycles. The summed E-state index contributed by atoms with van der Waals surface area (Å²) in [6.07, 6.45) is 2.39. The number of thiazole rings is 1. The molecule has 1 aromatic heterocycles. The molecule has 76 valence electrons. The molecule has 1 unspecified atom stereocenters. The highest BCUT2D eigenvalue weighted by molar-refractivity contribution is 7.07. The first-order valence-corrected chi connectivity index (χ1v) is 5.96. The van der Waals surface area contributed by atoms with E-state index >= 15 is 0 Å². The van der Waals surface area contributed by atoms with Crippen LogP contribution in [0.2, 0.25) is 0 Å². The summed E-state index contributed by atoms with van der Waals surface area (Å²) in [7, 11) is 0. The Bertz CT molecular complexity index is 311. The van der Waals surface area contributed by atoms with Gasteiger partial charge in [-0.15, -0.1) is 22.9 Å². The van der Waals surface area contributed by atoms with Crippen molar-refractivity contribution in [2.75, 3.05) is 6.54 Å². The molecule has 0 spiro atoms. The molecular weight excluding hydrogens is 220 g/mol. The minimum Gasteiger partial charge on any atom is -0.349 e. The lowest BCUT2D eigenvalue weighted by molar-refractivity contribution is 0.0949. The molecule has 0 aliphatic heterocycles. The molecule has 1 aromatic rings. The number of halogens is 1. The van der Waals surface area contributed by atoms with Crippen molar-refractivity contribution in [1.29, 1.82) is 0 Å². The highest BCUT2D eigenvalue weighted by Crippen LogP contribution is 2.35. The van der Waals surface area contributed by atoms with E-state index in [9.17, 15) is 4.79 Å².